The van der Waals surface area contributed by atoms with E-state index in [0.717, 1.165) is 37.7 Å². The van der Waals surface area contributed by atoms with E-state index in [9.17, 15) is 14.0 Å². The van der Waals surface area contributed by atoms with E-state index in [-0.39, 0.29) is 11.3 Å². The molecule has 2 aliphatic rings. The molecular formula is C35H34FNO8. The third-order valence-corrected chi connectivity index (χ3v) is 7.37. The average Bonchev–Trinajstić information content (AvgIpc) is 3.53. The highest BCUT2D eigenvalue weighted by molar-refractivity contribution is 5.93. The predicted octanol–water partition coefficient (Wildman–Crippen LogP) is 7.01. The van der Waals surface area contributed by atoms with Crippen molar-refractivity contribution in [3.05, 3.63) is 114 Å². The first-order chi connectivity index (χ1) is 21.9. The van der Waals surface area contributed by atoms with Crippen molar-refractivity contribution in [3.63, 3.8) is 0 Å². The van der Waals surface area contributed by atoms with Gasteiger partial charge in [0.15, 0.2) is 5.79 Å². The Hall–Kier alpha value is -4.93. The van der Waals surface area contributed by atoms with Crippen LogP contribution < -0.4 is 14.4 Å². The zero-order chi connectivity index (χ0) is 31.6. The Bertz CT molecular complexity index is 1580. The van der Waals surface area contributed by atoms with E-state index in [4.69, 9.17) is 23.7 Å². The van der Waals surface area contributed by atoms with Crippen LogP contribution in [0.4, 0.5) is 10.1 Å². The molecule has 4 aromatic carbocycles. The maximum absolute atomic E-state index is 13.2. The topological polar surface area (TPSA) is 92.8 Å². The molecule has 9 nitrogen and oxygen atoms in total. The van der Waals surface area contributed by atoms with Crippen LogP contribution in [0.25, 0.3) is 0 Å². The van der Waals surface area contributed by atoms with E-state index < -0.39 is 23.5 Å². The van der Waals surface area contributed by atoms with Crippen LogP contribution in [0.3, 0.4) is 0 Å². The Labute approximate surface area is 261 Å². The Morgan fingerprint density at radius 3 is 1.69 bits per heavy atom. The zero-order valence-corrected chi connectivity index (χ0v) is 25.1. The summed E-state index contributed by atoms with van der Waals surface area (Å²) in [4.78, 5) is 25.9. The second kappa shape index (κ2) is 14.7. The maximum Gasteiger partial charge on any atom is 0.341 e. The van der Waals surface area contributed by atoms with Crippen LogP contribution in [-0.2, 0) is 18.9 Å². The van der Waals surface area contributed by atoms with Crippen molar-refractivity contribution in [3.8, 4) is 23.0 Å². The number of carbonyl (C=O) groups is 2. The number of carbonyl (C=O) groups excluding carboxylic acids is 2. The van der Waals surface area contributed by atoms with Crippen LogP contribution >= 0.6 is 0 Å². The van der Waals surface area contributed by atoms with Crippen molar-refractivity contribution in [2.24, 2.45) is 0 Å². The molecule has 6 rings (SSSR count). The number of methoxy groups -OCH3 is 2. The number of hydrogen-bond acceptors (Lipinski definition) is 9. The number of anilines is 1. The van der Waals surface area contributed by atoms with Crippen molar-refractivity contribution in [2.45, 2.75) is 18.6 Å². The van der Waals surface area contributed by atoms with E-state index >= 15 is 0 Å². The Kier molecular flexibility index (Phi) is 10.3. The van der Waals surface area contributed by atoms with E-state index in [1.807, 2.05) is 48.5 Å². The van der Waals surface area contributed by atoms with Gasteiger partial charge >= 0.3 is 11.9 Å². The monoisotopic (exact) mass is 615 g/mol. The minimum atomic E-state index is -0.569. The summed E-state index contributed by atoms with van der Waals surface area (Å²) in [5.74, 6) is -0.0655. The number of ether oxygens (including phenoxy) is 6. The summed E-state index contributed by atoms with van der Waals surface area (Å²) in [6, 6.07) is 27.5. The van der Waals surface area contributed by atoms with Gasteiger partial charge in [-0.2, -0.15) is 0 Å². The van der Waals surface area contributed by atoms with Crippen molar-refractivity contribution in [1.82, 2.24) is 0 Å². The molecule has 0 amide bonds. The molecule has 0 atom stereocenters. The van der Waals surface area contributed by atoms with Gasteiger partial charge in [0.1, 0.15) is 39.9 Å². The van der Waals surface area contributed by atoms with Gasteiger partial charge in [-0.1, -0.05) is 36.4 Å². The molecule has 234 valence electrons. The first-order valence-corrected chi connectivity index (χ1v) is 14.5. The molecule has 2 fully saturated rings. The van der Waals surface area contributed by atoms with Gasteiger partial charge in [-0.3, -0.25) is 0 Å². The van der Waals surface area contributed by atoms with Crippen LogP contribution in [0, 0.1) is 5.82 Å². The minimum absolute atomic E-state index is 0.132. The maximum atomic E-state index is 13.2. The van der Waals surface area contributed by atoms with E-state index in [1.165, 1.54) is 26.4 Å². The zero-order valence-electron chi connectivity index (χ0n) is 25.1. The summed E-state index contributed by atoms with van der Waals surface area (Å²) in [6.45, 7) is 2.98. The first-order valence-electron chi connectivity index (χ1n) is 14.5. The second-order valence-electron chi connectivity index (χ2n) is 10.2. The second-order valence-corrected chi connectivity index (χ2v) is 10.2. The summed E-state index contributed by atoms with van der Waals surface area (Å²) in [5, 5.41) is 0. The summed E-state index contributed by atoms with van der Waals surface area (Å²) in [6.07, 6.45) is 1.64. The molecule has 0 bridgehead atoms. The quantitative estimate of drug-likeness (QED) is 0.204. The number of para-hydroxylation sites is 2. The highest BCUT2D eigenvalue weighted by atomic mass is 19.1. The highest BCUT2D eigenvalue weighted by Gasteiger charge is 2.40. The van der Waals surface area contributed by atoms with Gasteiger partial charge < -0.3 is 33.3 Å². The van der Waals surface area contributed by atoms with Gasteiger partial charge in [0.05, 0.1) is 27.4 Å². The summed E-state index contributed by atoms with van der Waals surface area (Å²) < 4.78 is 45.7. The molecule has 0 saturated carbocycles. The molecule has 45 heavy (non-hydrogen) atoms. The molecule has 0 unspecified atom stereocenters. The van der Waals surface area contributed by atoms with Crippen molar-refractivity contribution in [1.29, 1.82) is 0 Å². The van der Waals surface area contributed by atoms with Gasteiger partial charge in [0, 0.05) is 43.8 Å². The molecule has 1 spiro atoms. The fraction of sp³-hybridized carbons (Fsp3) is 0.257. The van der Waals surface area contributed by atoms with Crippen molar-refractivity contribution >= 4 is 17.6 Å². The van der Waals surface area contributed by atoms with Crippen molar-refractivity contribution in [2.75, 3.05) is 45.4 Å². The average molecular weight is 616 g/mol. The van der Waals surface area contributed by atoms with Crippen LogP contribution in [0.1, 0.15) is 33.6 Å². The number of nitrogens with zero attached hydrogens (tertiary/aromatic N) is 1. The molecule has 2 aliphatic heterocycles. The number of hydrogen-bond donors (Lipinski definition) is 0. The van der Waals surface area contributed by atoms with Crippen LogP contribution in [0.5, 0.6) is 23.0 Å². The summed E-state index contributed by atoms with van der Waals surface area (Å²) >= 11 is 0. The molecule has 0 aromatic heterocycles. The number of halogens is 1. The van der Waals surface area contributed by atoms with Crippen LogP contribution in [-0.4, -0.2) is 58.2 Å². The van der Waals surface area contributed by atoms with E-state index in [0.29, 0.717) is 36.0 Å². The first kappa shape index (κ1) is 31.5. The number of piperidine rings is 1. The molecule has 2 heterocycles. The van der Waals surface area contributed by atoms with Gasteiger partial charge in [-0.15, -0.1) is 0 Å². The van der Waals surface area contributed by atoms with Gasteiger partial charge in [-0.05, 0) is 48.5 Å². The highest BCUT2D eigenvalue weighted by Crippen LogP contribution is 2.36. The lowest BCUT2D eigenvalue weighted by Gasteiger charge is -2.38. The third kappa shape index (κ3) is 7.97. The molecule has 10 heteroatoms. The van der Waals surface area contributed by atoms with E-state index in [2.05, 4.69) is 9.64 Å². The molecule has 0 N–H and O–H groups in total. The lowest BCUT2D eigenvalue weighted by atomic mass is 10.0. The largest absolute Gasteiger partial charge is 0.465 e. The van der Waals surface area contributed by atoms with Gasteiger partial charge in [0.2, 0.25) is 0 Å². The fourth-order valence-corrected chi connectivity index (χ4v) is 5.05. The minimum Gasteiger partial charge on any atom is -0.465 e. The Balaban J connectivity index is 0.000000194. The molecule has 2 saturated heterocycles. The summed E-state index contributed by atoms with van der Waals surface area (Å²) in [7, 11) is 2.63. The van der Waals surface area contributed by atoms with E-state index in [1.54, 1.807) is 30.3 Å². The number of benzene rings is 4. The lowest BCUT2D eigenvalue weighted by molar-refractivity contribution is -0.169. The predicted molar refractivity (Wildman–Crippen MR) is 165 cm³/mol. The van der Waals surface area contributed by atoms with Crippen LogP contribution in [0.15, 0.2) is 97.1 Å². The fourth-order valence-electron chi connectivity index (χ4n) is 5.05. The number of esters is 2. The molecule has 4 aromatic rings. The lowest BCUT2D eigenvalue weighted by Crippen LogP contribution is -2.45. The molecule has 0 radical (unpaired) electrons. The van der Waals surface area contributed by atoms with Crippen molar-refractivity contribution < 1.29 is 42.4 Å². The normalized spacial score (nSPS) is 15.0. The SMILES string of the molecule is COC(=O)c1ccc(F)cc1Oc1ccccc1.COC(=O)c1ccc(N2CCC3(CC2)OCCO3)cc1Oc1ccccc1. The Morgan fingerprint density at radius 2 is 1.18 bits per heavy atom. The third-order valence-electron chi connectivity index (χ3n) is 7.37. The standard InChI is InChI=1S/C21H23NO5.C14H11FO3/c1-24-20(23)18-8-7-16(15-19(18)27-17-5-3-2-4-6-17)22-11-9-21(10-12-22)25-13-14-26-21;1-17-14(16)12-8-7-10(15)9-13(12)18-11-5-3-2-4-6-11/h2-8,15H,9-14H2,1H3;2-9H,1H3. The summed E-state index contributed by atoms with van der Waals surface area (Å²) in [5.41, 5.74) is 1.59. The molecular weight excluding hydrogens is 581 g/mol. The van der Waals surface area contributed by atoms with Crippen LogP contribution in [0.2, 0.25) is 0 Å². The molecule has 0 aliphatic carbocycles. The number of rotatable bonds is 7. The Morgan fingerprint density at radius 1 is 0.689 bits per heavy atom. The van der Waals surface area contributed by atoms with Gasteiger partial charge in [0.25, 0.3) is 0 Å². The van der Waals surface area contributed by atoms with Gasteiger partial charge in [-0.25, -0.2) is 14.0 Å². The smallest absolute Gasteiger partial charge is 0.341 e.